The van der Waals surface area contributed by atoms with E-state index in [1.165, 1.54) is 17.0 Å². The minimum atomic E-state index is 0.538. The topological polar surface area (TPSA) is 12.4 Å². The quantitative estimate of drug-likeness (QED) is 0.669. The van der Waals surface area contributed by atoms with Crippen LogP contribution in [0.3, 0.4) is 0 Å². The van der Waals surface area contributed by atoms with E-state index in [9.17, 15) is 0 Å². The number of benzene rings is 1. The monoisotopic (exact) mass is 185 g/mol. The maximum absolute atomic E-state index is 4.64. The maximum atomic E-state index is 4.64. The molecule has 0 radical (unpaired) electrons. The van der Waals surface area contributed by atoms with Crippen molar-refractivity contribution < 1.29 is 0 Å². The zero-order chi connectivity index (χ0) is 9.97. The van der Waals surface area contributed by atoms with Crippen molar-refractivity contribution in [2.75, 3.05) is 0 Å². The number of aliphatic imine (C=N–C) groups is 1. The minimum Gasteiger partial charge on any atom is -0.257 e. The predicted molar refractivity (Wildman–Crippen MR) is 60.5 cm³/mol. The molecule has 72 valence electrons. The van der Waals surface area contributed by atoms with Gasteiger partial charge in [0.25, 0.3) is 0 Å². The maximum Gasteiger partial charge on any atom is 0.0517 e. The van der Waals surface area contributed by atoms with Crippen LogP contribution in [0.15, 0.2) is 47.1 Å². The summed E-state index contributed by atoms with van der Waals surface area (Å²) in [6.07, 6.45) is 3.21. The van der Waals surface area contributed by atoms with Crippen LogP contribution in [0, 0.1) is 5.92 Å². The van der Waals surface area contributed by atoms with Crippen molar-refractivity contribution in [3.63, 3.8) is 0 Å². The molecule has 0 aliphatic carbocycles. The van der Waals surface area contributed by atoms with Gasteiger partial charge in [-0.3, -0.25) is 4.99 Å². The van der Waals surface area contributed by atoms with Crippen LogP contribution in [0.5, 0.6) is 0 Å². The van der Waals surface area contributed by atoms with Crippen molar-refractivity contribution in [3.8, 4) is 0 Å². The van der Waals surface area contributed by atoms with Crippen LogP contribution in [-0.4, -0.2) is 5.71 Å². The second-order valence-corrected chi connectivity index (χ2v) is 3.91. The largest absolute Gasteiger partial charge is 0.257 e. The van der Waals surface area contributed by atoms with E-state index >= 15 is 0 Å². The average Bonchev–Trinajstić information content (AvgIpc) is 2.68. The van der Waals surface area contributed by atoms with Gasteiger partial charge in [-0.05, 0) is 11.5 Å². The van der Waals surface area contributed by atoms with Crippen molar-refractivity contribution in [2.45, 2.75) is 20.3 Å². The minimum absolute atomic E-state index is 0.538. The Hall–Kier alpha value is -1.37. The highest BCUT2D eigenvalue weighted by Crippen LogP contribution is 2.21. The van der Waals surface area contributed by atoms with Gasteiger partial charge in [-0.15, -0.1) is 0 Å². The second kappa shape index (κ2) is 3.79. The van der Waals surface area contributed by atoms with Gasteiger partial charge in [0.1, 0.15) is 0 Å². The highest BCUT2D eigenvalue weighted by atomic mass is 14.8. The van der Waals surface area contributed by atoms with Crippen LogP contribution in [0.2, 0.25) is 0 Å². The predicted octanol–water partition coefficient (Wildman–Crippen LogP) is 3.42. The lowest BCUT2D eigenvalue weighted by atomic mass is 10.1. The molecule has 0 amide bonds. The van der Waals surface area contributed by atoms with Gasteiger partial charge >= 0.3 is 0 Å². The van der Waals surface area contributed by atoms with Crippen LogP contribution in [0.25, 0.3) is 0 Å². The van der Waals surface area contributed by atoms with Crippen molar-refractivity contribution >= 4 is 5.71 Å². The van der Waals surface area contributed by atoms with Gasteiger partial charge in [0.2, 0.25) is 0 Å². The molecule has 0 saturated carbocycles. The van der Waals surface area contributed by atoms with Gasteiger partial charge in [-0.25, -0.2) is 0 Å². The first-order valence-electron chi connectivity index (χ1n) is 5.10. The molecule has 0 bridgehead atoms. The van der Waals surface area contributed by atoms with Crippen LogP contribution in [-0.2, 0) is 0 Å². The molecule has 0 aromatic heterocycles. The highest BCUT2D eigenvalue weighted by Gasteiger charge is 2.12. The Kier molecular flexibility index (Phi) is 2.49. The van der Waals surface area contributed by atoms with Gasteiger partial charge in [0.05, 0.1) is 5.71 Å². The Morgan fingerprint density at radius 3 is 2.43 bits per heavy atom. The van der Waals surface area contributed by atoms with Crippen molar-refractivity contribution in [3.05, 3.63) is 47.7 Å². The zero-order valence-electron chi connectivity index (χ0n) is 8.70. The Morgan fingerprint density at radius 2 is 1.86 bits per heavy atom. The van der Waals surface area contributed by atoms with E-state index in [4.69, 9.17) is 0 Å². The Labute approximate surface area is 85.2 Å². The third-order valence-corrected chi connectivity index (χ3v) is 2.47. The standard InChI is InChI=1S/C13H15N/c1-10(2)12-8-9-13(14-12)11-6-4-3-5-7-11/h3-8,10H,9H2,1-2H3. The van der Waals surface area contributed by atoms with Crippen molar-refractivity contribution in [1.82, 2.24) is 0 Å². The molecule has 0 atom stereocenters. The Bertz CT molecular complexity index is 371. The lowest BCUT2D eigenvalue weighted by molar-refractivity contribution is 0.761. The SMILES string of the molecule is CC(C)C1=CCC(c2ccccc2)=N1. The fourth-order valence-electron chi connectivity index (χ4n) is 1.63. The molecule has 0 fully saturated rings. The van der Waals surface area contributed by atoms with E-state index < -0.39 is 0 Å². The van der Waals surface area contributed by atoms with Gasteiger partial charge in [0.15, 0.2) is 0 Å². The molecule has 1 aromatic carbocycles. The molecule has 1 heteroatoms. The lowest BCUT2D eigenvalue weighted by Crippen LogP contribution is -1.95. The average molecular weight is 185 g/mol. The molecule has 0 spiro atoms. The fraction of sp³-hybridized carbons (Fsp3) is 0.308. The molecule has 1 aliphatic rings. The summed E-state index contributed by atoms with van der Waals surface area (Å²) in [5.41, 5.74) is 3.68. The van der Waals surface area contributed by atoms with Crippen molar-refractivity contribution in [1.29, 1.82) is 0 Å². The smallest absolute Gasteiger partial charge is 0.0517 e. The third kappa shape index (κ3) is 1.77. The summed E-state index contributed by atoms with van der Waals surface area (Å²) in [6, 6.07) is 10.4. The van der Waals surface area contributed by atoms with Crippen LogP contribution < -0.4 is 0 Å². The number of rotatable bonds is 2. The first-order chi connectivity index (χ1) is 6.77. The molecule has 1 aromatic rings. The van der Waals surface area contributed by atoms with E-state index in [2.05, 4.69) is 49.2 Å². The van der Waals surface area contributed by atoms with E-state index in [-0.39, 0.29) is 0 Å². The van der Waals surface area contributed by atoms with E-state index in [0.29, 0.717) is 5.92 Å². The Balaban J connectivity index is 2.22. The summed E-state index contributed by atoms with van der Waals surface area (Å²) in [5.74, 6) is 0.538. The van der Waals surface area contributed by atoms with Gasteiger partial charge < -0.3 is 0 Å². The number of hydrogen-bond donors (Lipinski definition) is 0. The number of hydrogen-bond acceptors (Lipinski definition) is 1. The van der Waals surface area contributed by atoms with E-state index in [1.54, 1.807) is 0 Å². The van der Waals surface area contributed by atoms with Crippen LogP contribution in [0.1, 0.15) is 25.8 Å². The summed E-state index contributed by atoms with van der Waals surface area (Å²) in [6.45, 7) is 4.37. The Morgan fingerprint density at radius 1 is 1.14 bits per heavy atom. The third-order valence-electron chi connectivity index (χ3n) is 2.47. The molecule has 0 saturated heterocycles. The van der Waals surface area contributed by atoms with E-state index in [0.717, 1.165) is 6.42 Å². The first kappa shape index (κ1) is 9.20. The summed E-state index contributed by atoms with van der Waals surface area (Å²) in [7, 11) is 0. The molecule has 1 aliphatic heterocycles. The zero-order valence-corrected chi connectivity index (χ0v) is 8.70. The summed E-state index contributed by atoms with van der Waals surface area (Å²) >= 11 is 0. The number of nitrogens with zero attached hydrogens (tertiary/aromatic N) is 1. The molecule has 2 rings (SSSR count). The molecular formula is C13H15N. The van der Waals surface area contributed by atoms with Gasteiger partial charge in [-0.2, -0.15) is 0 Å². The molecule has 1 nitrogen and oxygen atoms in total. The summed E-state index contributed by atoms with van der Waals surface area (Å²) in [5, 5.41) is 0. The molecule has 0 unspecified atom stereocenters. The fourth-order valence-corrected chi connectivity index (χ4v) is 1.63. The summed E-state index contributed by atoms with van der Waals surface area (Å²) in [4.78, 5) is 4.64. The molecule has 14 heavy (non-hydrogen) atoms. The highest BCUT2D eigenvalue weighted by molar-refractivity contribution is 6.03. The lowest BCUT2D eigenvalue weighted by Gasteiger charge is -2.01. The van der Waals surface area contributed by atoms with Gasteiger partial charge in [-0.1, -0.05) is 50.3 Å². The second-order valence-electron chi connectivity index (χ2n) is 3.91. The van der Waals surface area contributed by atoms with Crippen molar-refractivity contribution in [2.24, 2.45) is 10.9 Å². The normalized spacial score (nSPS) is 15.6. The first-order valence-corrected chi connectivity index (χ1v) is 5.10. The molecular weight excluding hydrogens is 170 g/mol. The number of allylic oxidation sites excluding steroid dienone is 2. The van der Waals surface area contributed by atoms with Crippen LogP contribution >= 0.6 is 0 Å². The molecule has 0 N–H and O–H groups in total. The van der Waals surface area contributed by atoms with Gasteiger partial charge in [0, 0.05) is 12.1 Å². The molecule has 1 heterocycles. The summed E-state index contributed by atoms with van der Waals surface area (Å²) < 4.78 is 0. The van der Waals surface area contributed by atoms with E-state index in [1.807, 2.05) is 6.07 Å². The van der Waals surface area contributed by atoms with Crippen LogP contribution in [0.4, 0.5) is 0 Å².